The Balaban J connectivity index is 1.30. The minimum absolute atomic E-state index is 0.0378. The third-order valence-electron chi connectivity index (χ3n) is 6.96. The fourth-order valence-electron chi connectivity index (χ4n) is 5.54. The van der Waals surface area contributed by atoms with E-state index in [1.807, 2.05) is 24.3 Å². The monoisotopic (exact) mass is 423 g/mol. The standard InChI is InChI=1S/C25H29NO5/c1-29-11-10-25(28)12-17-14-30-15-18(13-25)26(17)24(27)31-16-23-21-8-4-2-6-19(21)20-7-3-5-9-22(20)23/h2-9,17-18,23,28H,10-16H2,1H3. The van der Waals surface area contributed by atoms with Crippen LogP contribution in [-0.4, -0.2) is 67.3 Å². The SMILES string of the molecule is COCCC1(O)CC2COCC(C1)N2C(=O)OCC1c2ccccc2-c2ccccc21. The zero-order valence-electron chi connectivity index (χ0n) is 17.8. The summed E-state index contributed by atoms with van der Waals surface area (Å²) in [4.78, 5) is 15.0. The van der Waals surface area contributed by atoms with Crippen molar-refractivity contribution in [2.75, 3.05) is 33.5 Å². The molecule has 1 amide bonds. The van der Waals surface area contributed by atoms with Crippen LogP contribution in [0.4, 0.5) is 4.79 Å². The molecular formula is C25H29NO5. The summed E-state index contributed by atoms with van der Waals surface area (Å²) < 4.78 is 16.7. The molecule has 6 nitrogen and oxygen atoms in total. The fourth-order valence-corrected chi connectivity index (χ4v) is 5.54. The van der Waals surface area contributed by atoms with Crippen molar-refractivity contribution >= 4 is 6.09 Å². The lowest BCUT2D eigenvalue weighted by Gasteiger charge is -2.50. The number of aliphatic hydroxyl groups is 1. The van der Waals surface area contributed by atoms with Gasteiger partial charge in [-0.2, -0.15) is 0 Å². The molecule has 1 aliphatic carbocycles. The van der Waals surface area contributed by atoms with E-state index in [0.717, 1.165) is 0 Å². The van der Waals surface area contributed by atoms with Gasteiger partial charge in [0.1, 0.15) is 6.61 Å². The van der Waals surface area contributed by atoms with Crippen LogP contribution in [0.15, 0.2) is 48.5 Å². The maximum Gasteiger partial charge on any atom is 0.410 e. The Morgan fingerprint density at radius 3 is 2.23 bits per heavy atom. The first-order valence-corrected chi connectivity index (χ1v) is 11.0. The fraction of sp³-hybridized carbons (Fsp3) is 0.480. The molecule has 1 N–H and O–H groups in total. The second-order valence-corrected chi connectivity index (χ2v) is 8.93. The zero-order chi connectivity index (χ0) is 21.4. The summed E-state index contributed by atoms with van der Waals surface area (Å²) in [6, 6.07) is 16.3. The molecule has 2 bridgehead atoms. The largest absolute Gasteiger partial charge is 0.448 e. The lowest BCUT2D eigenvalue weighted by molar-refractivity contribution is -0.138. The van der Waals surface area contributed by atoms with Gasteiger partial charge in [-0.3, -0.25) is 4.90 Å². The van der Waals surface area contributed by atoms with Crippen molar-refractivity contribution in [3.8, 4) is 11.1 Å². The first-order valence-electron chi connectivity index (χ1n) is 11.0. The van der Waals surface area contributed by atoms with Gasteiger partial charge >= 0.3 is 6.09 Å². The van der Waals surface area contributed by atoms with E-state index in [-0.39, 0.29) is 24.1 Å². The van der Waals surface area contributed by atoms with Crippen molar-refractivity contribution in [2.24, 2.45) is 0 Å². The molecule has 2 aliphatic heterocycles. The molecule has 0 aromatic heterocycles. The number of ether oxygens (including phenoxy) is 3. The van der Waals surface area contributed by atoms with E-state index >= 15 is 0 Å². The number of amides is 1. The van der Waals surface area contributed by atoms with Gasteiger partial charge in [0, 0.05) is 19.6 Å². The van der Waals surface area contributed by atoms with Crippen molar-refractivity contribution < 1.29 is 24.1 Å². The summed E-state index contributed by atoms with van der Waals surface area (Å²) in [6.45, 7) is 1.66. The molecule has 0 saturated carbocycles. The summed E-state index contributed by atoms with van der Waals surface area (Å²) in [6.07, 6.45) is 1.22. The van der Waals surface area contributed by atoms with Crippen LogP contribution in [0.2, 0.25) is 0 Å². The van der Waals surface area contributed by atoms with Crippen molar-refractivity contribution in [2.45, 2.75) is 42.9 Å². The molecule has 0 spiro atoms. The van der Waals surface area contributed by atoms with Crippen LogP contribution in [0.5, 0.6) is 0 Å². The predicted molar refractivity (Wildman–Crippen MR) is 116 cm³/mol. The van der Waals surface area contributed by atoms with Crippen LogP contribution >= 0.6 is 0 Å². The molecule has 3 aliphatic rings. The van der Waals surface area contributed by atoms with E-state index in [2.05, 4.69) is 24.3 Å². The molecule has 164 valence electrons. The molecule has 2 aromatic carbocycles. The number of carbonyl (C=O) groups excluding carboxylic acids is 1. The van der Waals surface area contributed by atoms with Crippen molar-refractivity contribution in [3.05, 3.63) is 59.7 Å². The summed E-state index contributed by atoms with van der Waals surface area (Å²) >= 11 is 0. The number of fused-ring (bicyclic) bond motifs is 5. The number of nitrogens with zero attached hydrogens (tertiary/aromatic N) is 1. The number of rotatable bonds is 5. The molecule has 2 heterocycles. The number of hydrogen-bond acceptors (Lipinski definition) is 5. The summed E-state index contributed by atoms with van der Waals surface area (Å²) in [7, 11) is 1.64. The molecule has 2 fully saturated rings. The molecule has 31 heavy (non-hydrogen) atoms. The highest BCUT2D eigenvalue weighted by atomic mass is 16.6. The van der Waals surface area contributed by atoms with Gasteiger partial charge < -0.3 is 19.3 Å². The molecule has 2 atom stereocenters. The highest BCUT2D eigenvalue weighted by Crippen LogP contribution is 2.45. The Kier molecular flexibility index (Phi) is 5.46. The smallest absolute Gasteiger partial charge is 0.410 e. The Morgan fingerprint density at radius 2 is 1.65 bits per heavy atom. The van der Waals surface area contributed by atoms with Crippen LogP contribution in [0.3, 0.4) is 0 Å². The van der Waals surface area contributed by atoms with Gasteiger partial charge in [0.2, 0.25) is 0 Å². The van der Waals surface area contributed by atoms with E-state index in [1.54, 1.807) is 12.0 Å². The maximum absolute atomic E-state index is 13.2. The number of carbonyl (C=O) groups is 1. The number of methoxy groups -OCH3 is 1. The van der Waals surface area contributed by atoms with E-state index < -0.39 is 5.60 Å². The van der Waals surface area contributed by atoms with E-state index in [4.69, 9.17) is 14.2 Å². The van der Waals surface area contributed by atoms with Gasteiger partial charge in [-0.05, 0) is 41.5 Å². The number of morpholine rings is 1. The van der Waals surface area contributed by atoms with Gasteiger partial charge in [-0.15, -0.1) is 0 Å². The molecule has 5 rings (SSSR count). The molecule has 2 aromatic rings. The van der Waals surface area contributed by atoms with Crippen LogP contribution in [0.1, 0.15) is 36.3 Å². The Labute approximate surface area is 182 Å². The third-order valence-corrected chi connectivity index (χ3v) is 6.96. The lowest BCUT2D eigenvalue weighted by atomic mass is 9.79. The highest BCUT2D eigenvalue weighted by molar-refractivity contribution is 5.79. The third kappa shape index (κ3) is 3.73. The van der Waals surface area contributed by atoms with E-state index in [1.165, 1.54) is 22.3 Å². The summed E-state index contributed by atoms with van der Waals surface area (Å²) in [5.41, 5.74) is 4.01. The lowest BCUT2D eigenvalue weighted by Crippen LogP contribution is -2.63. The van der Waals surface area contributed by atoms with Gasteiger partial charge in [0.05, 0.1) is 30.9 Å². The first kappa shape index (κ1) is 20.5. The molecule has 6 heteroatoms. The highest BCUT2D eigenvalue weighted by Gasteiger charge is 2.48. The van der Waals surface area contributed by atoms with Gasteiger partial charge in [-0.1, -0.05) is 48.5 Å². The quantitative estimate of drug-likeness (QED) is 0.796. The Bertz CT molecular complexity index is 901. The van der Waals surface area contributed by atoms with Crippen LogP contribution in [0.25, 0.3) is 11.1 Å². The minimum Gasteiger partial charge on any atom is -0.448 e. The Morgan fingerprint density at radius 1 is 1.06 bits per heavy atom. The average Bonchev–Trinajstić information content (AvgIpc) is 3.09. The predicted octanol–water partition coefficient (Wildman–Crippen LogP) is 3.57. The zero-order valence-corrected chi connectivity index (χ0v) is 17.8. The summed E-state index contributed by atoms with van der Waals surface area (Å²) in [5, 5.41) is 11.0. The molecule has 2 saturated heterocycles. The van der Waals surface area contributed by atoms with E-state index in [9.17, 15) is 9.90 Å². The van der Waals surface area contributed by atoms with Crippen molar-refractivity contribution in [1.82, 2.24) is 4.90 Å². The van der Waals surface area contributed by atoms with E-state index in [0.29, 0.717) is 45.7 Å². The normalized spacial score (nSPS) is 27.0. The van der Waals surface area contributed by atoms with Crippen LogP contribution in [-0.2, 0) is 14.2 Å². The number of benzene rings is 2. The summed E-state index contributed by atoms with van der Waals surface area (Å²) in [5.74, 6) is 0.0378. The van der Waals surface area contributed by atoms with Crippen molar-refractivity contribution in [3.63, 3.8) is 0 Å². The molecule has 2 unspecified atom stereocenters. The van der Waals surface area contributed by atoms with Crippen LogP contribution in [0, 0.1) is 0 Å². The number of piperidine rings is 1. The van der Waals surface area contributed by atoms with Gasteiger partial charge in [0.15, 0.2) is 0 Å². The van der Waals surface area contributed by atoms with Gasteiger partial charge in [0.25, 0.3) is 0 Å². The molecular weight excluding hydrogens is 394 g/mol. The maximum atomic E-state index is 13.2. The van der Waals surface area contributed by atoms with Crippen molar-refractivity contribution in [1.29, 1.82) is 0 Å². The van der Waals surface area contributed by atoms with Gasteiger partial charge in [-0.25, -0.2) is 4.79 Å². The number of hydrogen-bond donors (Lipinski definition) is 1. The van der Waals surface area contributed by atoms with Crippen LogP contribution < -0.4 is 0 Å². The minimum atomic E-state index is -0.824. The topological polar surface area (TPSA) is 68.2 Å². The second-order valence-electron chi connectivity index (χ2n) is 8.93. The first-order chi connectivity index (χ1) is 15.1. The second kappa shape index (κ2) is 8.26. The molecule has 0 radical (unpaired) electrons. The average molecular weight is 424 g/mol. The Hall–Kier alpha value is -2.41.